The monoisotopic (exact) mass is 370 g/mol. The average molecular weight is 370 g/mol. The third-order valence-corrected chi connectivity index (χ3v) is 5.60. The van der Waals surface area contributed by atoms with Gasteiger partial charge in [-0.05, 0) is 41.5 Å². The quantitative estimate of drug-likeness (QED) is 0.621. The summed E-state index contributed by atoms with van der Waals surface area (Å²) in [5.74, 6) is -3.24. The van der Waals surface area contributed by atoms with Crippen LogP contribution in [-0.4, -0.2) is 37.2 Å². The number of carboxylic acids is 1. The number of aliphatic carboxylic acids is 1. The number of hydrogen-bond acceptors (Lipinski definition) is 5. The second kappa shape index (κ2) is 7.39. The van der Waals surface area contributed by atoms with Crippen LogP contribution in [0.1, 0.15) is 18.4 Å². The molecule has 3 rings (SSSR count). The van der Waals surface area contributed by atoms with Crippen molar-refractivity contribution >= 4 is 28.7 Å². The molecule has 1 unspecified atom stereocenters. The molecule has 1 saturated carbocycles. The Bertz CT molecular complexity index is 883. The number of rotatable bonds is 6. The van der Waals surface area contributed by atoms with Gasteiger partial charge in [-0.3, -0.25) is 14.4 Å². The largest absolute Gasteiger partial charge is 0.480 e. The van der Waals surface area contributed by atoms with Gasteiger partial charge in [0, 0.05) is 0 Å². The molecule has 0 bridgehead atoms. The number of fused-ring (bicyclic) bond motifs is 1. The van der Waals surface area contributed by atoms with Crippen molar-refractivity contribution in [2.75, 3.05) is 14.2 Å². The molecule has 2 aromatic rings. The summed E-state index contributed by atoms with van der Waals surface area (Å²) in [5, 5.41) is 12.0. The molecule has 1 atom stereocenters. The Labute approximate surface area is 157 Å². The van der Waals surface area contributed by atoms with Crippen molar-refractivity contribution in [1.29, 1.82) is 0 Å². The van der Waals surface area contributed by atoms with Crippen LogP contribution in [0.3, 0.4) is 0 Å². The van der Waals surface area contributed by atoms with E-state index >= 15 is 0 Å². The van der Waals surface area contributed by atoms with E-state index in [0.29, 0.717) is 12.8 Å². The highest BCUT2D eigenvalue weighted by Crippen LogP contribution is 2.49. The van der Waals surface area contributed by atoms with Crippen molar-refractivity contribution in [2.45, 2.75) is 19.3 Å². The summed E-state index contributed by atoms with van der Waals surface area (Å²) in [4.78, 5) is 36.6. The summed E-state index contributed by atoms with van der Waals surface area (Å²) in [7, 11) is 2.49. The van der Waals surface area contributed by atoms with Crippen LogP contribution in [0.25, 0.3) is 10.8 Å². The second-order valence-corrected chi connectivity index (χ2v) is 7.01. The van der Waals surface area contributed by atoms with Gasteiger partial charge in [0.25, 0.3) is 0 Å². The van der Waals surface area contributed by atoms with E-state index in [4.69, 9.17) is 9.47 Å². The van der Waals surface area contributed by atoms with Crippen LogP contribution in [-0.2, 0) is 30.3 Å². The molecule has 1 aliphatic carbocycles. The lowest BCUT2D eigenvalue weighted by molar-refractivity contribution is -0.179. The smallest absolute Gasteiger partial charge is 0.323 e. The number of carbonyl (C=O) groups excluding carboxylic acids is 2. The highest BCUT2D eigenvalue weighted by atomic mass is 16.5. The molecule has 0 heterocycles. The van der Waals surface area contributed by atoms with Crippen LogP contribution in [0.4, 0.5) is 0 Å². The molecular formula is C21H22O6. The highest BCUT2D eigenvalue weighted by molar-refractivity contribution is 6.00. The normalized spacial score (nSPS) is 21.0. The molecule has 0 amide bonds. The Kier molecular flexibility index (Phi) is 5.17. The van der Waals surface area contributed by atoms with Gasteiger partial charge in [-0.2, -0.15) is 0 Å². The molecule has 0 aromatic heterocycles. The first-order valence-corrected chi connectivity index (χ1v) is 8.79. The minimum atomic E-state index is -1.72. The number of carboxylic acid groups (broad SMARTS) is 1. The summed E-state index contributed by atoms with van der Waals surface area (Å²) in [6.45, 7) is 0. The number of carbonyl (C=O) groups is 3. The predicted molar refractivity (Wildman–Crippen MR) is 98.0 cm³/mol. The van der Waals surface area contributed by atoms with Gasteiger partial charge in [0.05, 0.1) is 20.1 Å². The van der Waals surface area contributed by atoms with Crippen LogP contribution in [0.2, 0.25) is 0 Å². The van der Waals surface area contributed by atoms with Gasteiger partial charge in [0.1, 0.15) is 0 Å². The van der Waals surface area contributed by atoms with Crippen molar-refractivity contribution in [2.24, 2.45) is 17.3 Å². The van der Waals surface area contributed by atoms with Crippen molar-refractivity contribution in [3.63, 3.8) is 0 Å². The summed E-state index contributed by atoms with van der Waals surface area (Å²) in [6.07, 6.45) is 0.599. The first kappa shape index (κ1) is 18.9. The molecule has 0 aliphatic heterocycles. The maximum Gasteiger partial charge on any atom is 0.323 e. The fourth-order valence-corrected chi connectivity index (χ4v) is 3.95. The van der Waals surface area contributed by atoms with E-state index in [2.05, 4.69) is 0 Å². The molecule has 6 nitrogen and oxygen atoms in total. The van der Waals surface area contributed by atoms with E-state index in [-0.39, 0.29) is 18.3 Å². The predicted octanol–water partition coefficient (Wildman–Crippen LogP) is 2.83. The molecule has 6 heteroatoms. The molecule has 1 aliphatic rings. The van der Waals surface area contributed by atoms with Crippen LogP contribution in [0, 0.1) is 17.3 Å². The fourth-order valence-electron chi connectivity index (χ4n) is 3.95. The lowest BCUT2D eigenvalue weighted by atomic mass is 9.58. The third-order valence-electron chi connectivity index (χ3n) is 5.60. The zero-order valence-corrected chi connectivity index (χ0v) is 15.3. The Morgan fingerprint density at radius 1 is 1.04 bits per heavy atom. The maximum atomic E-state index is 12.6. The van der Waals surface area contributed by atoms with Crippen LogP contribution in [0.5, 0.6) is 0 Å². The molecule has 27 heavy (non-hydrogen) atoms. The van der Waals surface area contributed by atoms with E-state index in [1.807, 2.05) is 42.5 Å². The highest BCUT2D eigenvalue weighted by Gasteiger charge is 2.58. The zero-order chi connectivity index (χ0) is 19.6. The second-order valence-electron chi connectivity index (χ2n) is 7.01. The maximum absolute atomic E-state index is 12.6. The van der Waals surface area contributed by atoms with Gasteiger partial charge >= 0.3 is 17.9 Å². The number of esters is 2. The topological polar surface area (TPSA) is 89.9 Å². The van der Waals surface area contributed by atoms with Crippen molar-refractivity contribution in [3.05, 3.63) is 48.0 Å². The molecule has 0 saturated heterocycles. The van der Waals surface area contributed by atoms with Crippen molar-refractivity contribution in [1.82, 2.24) is 0 Å². The summed E-state index contributed by atoms with van der Waals surface area (Å²) < 4.78 is 9.61. The summed E-state index contributed by atoms with van der Waals surface area (Å²) in [5.41, 5.74) is -0.982. The van der Waals surface area contributed by atoms with E-state index < -0.39 is 23.3 Å². The lowest BCUT2D eigenvalue weighted by Gasteiger charge is -2.43. The lowest BCUT2D eigenvalue weighted by Crippen LogP contribution is -2.53. The average Bonchev–Trinajstić information content (AvgIpc) is 2.64. The standard InChI is InChI=1S/C21H22O6/c1-26-18(22)16-10-17(11-16)21(19(23)24,20(25)27-2)12-13-7-8-14-5-3-4-6-15(14)9-13/h3-9,16-17H,10-12H2,1-2H3,(H,23,24)/t16-,17+,21?. The Morgan fingerprint density at radius 2 is 1.70 bits per heavy atom. The minimum Gasteiger partial charge on any atom is -0.480 e. The third kappa shape index (κ3) is 3.27. The van der Waals surface area contributed by atoms with Gasteiger partial charge < -0.3 is 14.6 Å². The van der Waals surface area contributed by atoms with E-state index in [0.717, 1.165) is 16.3 Å². The number of hydrogen-bond donors (Lipinski definition) is 1. The van der Waals surface area contributed by atoms with E-state index in [9.17, 15) is 19.5 Å². The van der Waals surface area contributed by atoms with Gasteiger partial charge in [0.15, 0.2) is 5.41 Å². The molecular weight excluding hydrogens is 348 g/mol. The van der Waals surface area contributed by atoms with E-state index in [1.165, 1.54) is 14.2 Å². The Balaban J connectivity index is 1.95. The van der Waals surface area contributed by atoms with Gasteiger partial charge in [-0.25, -0.2) is 0 Å². The zero-order valence-electron chi connectivity index (χ0n) is 15.3. The summed E-state index contributed by atoms with van der Waals surface area (Å²) >= 11 is 0. The van der Waals surface area contributed by atoms with Gasteiger partial charge in [-0.15, -0.1) is 0 Å². The molecule has 142 valence electrons. The Morgan fingerprint density at radius 3 is 2.30 bits per heavy atom. The van der Waals surface area contributed by atoms with Crippen LogP contribution in [0.15, 0.2) is 42.5 Å². The van der Waals surface area contributed by atoms with Crippen LogP contribution >= 0.6 is 0 Å². The minimum absolute atomic E-state index is 0.0123. The van der Waals surface area contributed by atoms with Crippen molar-refractivity contribution in [3.8, 4) is 0 Å². The summed E-state index contributed by atoms with van der Waals surface area (Å²) in [6, 6.07) is 13.4. The molecule has 1 N–H and O–H groups in total. The van der Waals surface area contributed by atoms with Crippen LogP contribution < -0.4 is 0 Å². The first-order chi connectivity index (χ1) is 12.9. The first-order valence-electron chi connectivity index (χ1n) is 8.79. The number of methoxy groups -OCH3 is 2. The molecule has 1 fully saturated rings. The van der Waals surface area contributed by atoms with Gasteiger partial charge in [0.2, 0.25) is 0 Å². The number of ether oxygens (including phenoxy) is 2. The number of benzene rings is 2. The molecule has 2 aromatic carbocycles. The van der Waals surface area contributed by atoms with Crippen molar-refractivity contribution < 1.29 is 29.0 Å². The van der Waals surface area contributed by atoms with E-state index in [1.54, 1.807) is 0 Å². The fraction of sp³-hybridized carbons (Fsp3) is 0.381. The molecule has 0 radical (unpaired) electrons. The SMILES string of the molecule is COC(=O)C(Cc1ccc2ccccc2c1)(C(=O)O)[C@H]1C[C@@H](C(=O)OC)C1. The molecule has 0 spiro atoms. The van der Waals surface area contributed by atoms with Gasteiger partial charge in [-0.1, -0.05) is 42.5 Å². The Hall–Kier alpha value is -2.89.